The van der Waals surface area contributed by atoms with Gasteiger partial charge in [0.25, 0.3) is 0 Å². The third kappa shape index (κ3) is 2.41. The molecule has 0 saturated carbocycles. The lowest BCUT2D eigenvalue weighted by atomic mass is 9.84. The average Bonchev–Trinajstić information content (AvgIpc) is 3.06. The monoisotopic (exact) mass is 403 g/mol. The second-order valence-electron chi connectivity index (χ2n) is 6.11. The van der Waals surface area contributed by atoms with Crippen molar-refractivity contribution < 1.29 is 23.7 Å². The first-order valence-electron chi connectivity index (χ1n) is 8.01. The molecule has 3 aliphatic rings. The molecule has 0 aromatic heterocycles. The Hall–Kier alpha value is -2.41. The van der Waals surface area contributed by atoms with Gasteiger partial charge >= 0.3 is 0 Å². The van der Waals surface area contributed by atoms with E-state index in [-0.39, 0.29) is 18.6 Å². The molecule has 7 heteroatoms. The molecule has 5 rings (SSSR count). The number of carbonyl (C=O) groups is 1. The molecule has 0 bridgehead atoms. The molecule has 0 fully saturated rings. The molecule has 1 amide bonds. The molecule has 0 unspecified atom stereocenters. The van der Waals surface area contributed by atoms with E-state index in [0.29, 0.717) is 42.6 Å². The lowest BCUT2D eigenvalue weighted by Crippen LogP contribution is -2.25. The maximum absolute atomic E-state index is 12.3. The predicted molar refractivity (Wildman–Crippen MR) is 92.8 cm³/mol. The van der Waals surface area contributed by atoms with E-state index in [1.807, 2.05) is 24.3 Å². The summed E-state index contributed by atoms with van der Waals surface area (Å²) in [6.07, 6.45) is 0.352. The van der Waals surface area contributed by atoms with Gasteiger partial charge in [-0.05, 0) is 29.3 Å². The molecule has 2 aromatic rings. The van der Waals surface area contributed by atoms with E-state index in [9.17, 15) is 4.79 Å². The molecule has 1 N–H and O–H groups in total. The van der Waals surface area contributed by atoms with E-state index in [1.165, 1.54) is 0 Å². The third-order valence-corrected chi connectivity index (χ3v) is 5.31. The second-order valence-corrected chi connectivity index (χ2v) is 6.97. The van der Waals surface area contributed by atoms with E-state index in [0.717, 1.165) is 21.3 Å². The predicted octanol–water partition coefficient (Wildman–Crippen LogP) is 3.42. The minimum absolute atomic E-state index is 0.0289. The first-order valence-corrected chi connectivity index (χ1v) is 8.81. The number of benzene rings is 2. The Balaban J connectivity index is 1.65. The van der Waals surface area contributed by atoms with Gasteiger partial charge in [0.2, 0.25) is 12.7 Å². The largest absolute Gasteiger partial charge is 0.486 e. The van der Waals surface area contributed by atoms with Gasteiger partial charge in [-0.3, -0.25) is 4.79 Å². The van der Waals surface area contributed by atoms with Crippen molar-refractivity contribution in [3.05, 3.63) is 39.9 Å². The zero-order valence-electron chi connectivity index (χ0n) is 13.1. The molecule has 3 heterocycles. The highest BCUT2D eigenvalue weighted by atomic mass is 79.9. The normalized spacial score (nSPS) is 20.0. The highest BCUT2D eigenvalue weighted by Crippen LogP contribution is 2.47. The number of hydrogen-bond acceptors (Lipinski definition) is 5. The van der Waals surface area contributed by atoms with Gasteiger partial charge < -0.3 is 24.3 Å². The SMILES string of the molecule is O=C1C[C@@H](c2cc3c(cc2Br)OCO3)c2cc3c(cc2N1)OCCO3. The molecule has 25 heavy (non-hydrogen) atoms. The van der Waals surface area contributed by atoms with E-state index in [4.69, 9.17) is 18.9 Å². The number of nitrogens with one attached hydrogen (secondary N) is 1. The van der Waals surface area contributed by atoms with Crippen LogP contribution in [0.25, 0.3) is 0 Å². The minimum atomic E-state index is -0.108. The zero-order valence-corrected chi connectivity index (χ0v) is 14.7. The Morgan fingerprint density at radius 2 is 1.52 bits per heavy atom. The maximum Gasteiger partial charge on any atom is 0.231 e. The fourth-order valence-corrected chi connectivity index (χ4v) is 4.07. The molecule has 0 aliphatic carbocycles. The van der Waals surface area contributed by atoms with Crippen LogP contribution >= 0.6 is 15.9 Å². The Morgan fingerprint density at radius 3 is 2.32 bits per heavy atom. The van der Waals surface area contributed by atoms with Crippen LogP contribution in [0, 0.1) is 0 Å². The Morgan fingerprint density at radius 1 is 0.880 bits per heavy atom. The summed E-state index contributed by atoms with van der Waals surface area (Å²) in [5, 5.41) is 2.94. The van der Waals surface area contributed by atoms with Gasteiger partial charge in [-0.2, -0.15) is 0 Å². The van der Waals surface area contributed by atoms with Crippen LogP contribution in [0.4, 0.5) is 5.69 Å². The van der Waals surface area contributed by atoms with Gasteiger partial charge in [-0.1, -0.05) is 15.9 Å². The summed E-state index contributed by atoms with van der Waals surface area (Å²) in [5.74, 6) is 2.64. The highest BCUT2D eigenvalue weighted by molar-refractivity contribution is 9.10. The zero-order chi connectivity index (χ0) is 17.0. The standard InChI is InChI=1S/C18H14BrNO5/c19-12-6-16-15(24-8-25-16)3-10(12)9-5-18(21)20-13-7-17-14(4-11(9)13)22-1-2-23-17/h3-4,6-7,9H,1-2,5,8H2,(H,20,21)/t9-/m0/s1. The molecule has 128 valence electrons. The molecule has 0 radical (unpaired) electrons. The van der Waals surface area contributed by atoms with Crippen molar-refractivity contribution in [3.8, 4) is 23.0 Å². The van der Waals surface area contributed by atoms with Crippen LogP contribution in [0.5, 0.6) is 23.0 Å². The number of amides is 1. The number of anilines is 1. The van der Waals surface area contributed by atoms with Crippen LogP contribution in [0.3, 0.4) is 0 Å². The van der Waals surface area contributed by atoms with Crippen molar-refractivity contribution in [2.24, 2.45) is 0 Å². The third-order valence-electron chi connectivity index (χ3n) is 4.62. The molecule has 3 aliphatic heterocycles. The van der Waals surface area contributed by atoms with Crippen molar-refractivity contribution in [2.45, 2.75) is 12.3 Å². The second kappa shape index (κ2) is 5.56. The molecular weight excluding hydrogens is 390 g/mol. The smallest absolute Gasteiger partial charge is 0.231 e. The van der Waals surface area contributed by atoms with Crippen LogP contribution in [-0.4, -0.2) is 25.9 Å². The van der Waals surface area contributed by atoms with E-state index in [1.54, 1.807) is 0 Å². The Labute approximate surface area is 152 Å². The molecule has 6 nitrogen and oxygen atoms in total. The van der Waals surface area contributed by atoms with E-state index >= 15 is 0 Å². The lowest BCUT2D eigenvalue weighted by Gasteiger charge is -2.29. The molecular formula is C18H14BrNO5. The first-order chi connectivity index (χ1) is 12.2. The fourth-order valence-electron chi connectivity index (χ4n) is 3.48. The number of halogens is 1. The van der Waals surface area contributed by atoms with Crippen molar-refractivity contribution in [2.75, 3.05) is 25.3 Å². The van der Waals surface area contributed by atoms with E-state index in [2.05, 4.69) is 21.2 Å². The summed E-state index contributed by atoms with van der Waals surface area (Å²) in [6, 6.07) is 7.64. The topological polar surface area (TPSA) is 66.0 Å². The van der Waals surface area contributed by atoms with Crippen LogP contribution in [0.2, 0.25) is 0 Å². The van der Waals surface area contributed by atoms with Gasteiger partial charge in [0.05, 0.1) is 0 Å². The van der Waals surface area contributed by atoms with Gasteiger partial charge in [0.15, 0.2) is 23.0 Å². The number of rotatable bonds is 1. The van der Waals surface area contributed by atoms with Crippen LogP contribution in [0.15, 0.2) is 28.7 Å². The summed E-state index contributed by atoms with van der Waals surface area (Å²) < 4.78 is 23.1. The highest BCUT2D eigenvalue weighted by Gasteiger charge is 2.31. The Kier molecular flexibility index (Phi) is 3.31. The minimum Gasteiger partial charge on any atom is -0.486 e. The summed E-state index contributed by atoms with van der Waals surface area (Å²) in [5.41, 5.74) is 2.75. The average molecular weight is 404 g/mol. The maximum atomic E-state index is 12.3. The van der Waals surface area contributed by atoms with Crippen LogP contribution in [-0.2, 0) is 4.79 Å². The summed E-state index contributed by atoms with van der Waals surface area (Å²) in [4.78, 5) is 12.3. The van der Waals surface area contributed by atoms with Gasteiger partial charge in [-0.15, -0.1) is 0 Å². The molecule has 0 saturated heterocycles. The number of fused-ring (bicyclic) bond motifs is 3. The fraction of sp³-hybridized carbons (Fsp3) is 0.278. The molecule has 2 aromatic carbocycles. The van der Waals surface area contributed by atoms with Gasteiger partial charge in [0.1, 0.15) is 13.2 Å². The summed E-state index contributed by atoms with van der Waals surface area (Å²) >= 11 is 3.61. The first kappa shape index (κ1) is 14.9. The van der Waals surface area contributed by atoms with Crippen LogP contribution in [0.1, 0.15) is 23.5 Å². The summed E-state index contributed by atoms with van der Waals surface area (Å²) in [6.45, 7) is 1.25. The lowest BCUT2D eigenvalue weighted by molar-refractivity contribution is -0.116. The molecule has 1 atom stereocenters. The van der Waals surface area contributed by atoms with Gasteiger partial charge in [0, 0.05) is 28.6 Å². The quantitative estimate of drug-likeness (QED) is 0.789. The summed E-state index contributed by atoms with van der Waals surface area (Å²) in [7, 11) is 0. The molecule has 0 spiro atoms. The van der Waals surface area contributed by atoms with Crippen LogP contribution < -0.4 is 24.3 Å². The van der Waals surface area contributed by atoms with E-state index < -0.39 is 0 Å². The number of carbonyl (C=O) groups excluding carboxylic acids is 1. The van der Waals surface area contributed by atoms with Gasteiger partial charge in [-0.25, -0.2) is 0 Å². The Bertz CT molecular complexity index is 898. The van der Waals surface area contributed by atoms with Crippen molar-refractivity contribution in [3.63, 3.8) is 0 Å². The van der Waals surface area contributed by atoms with Crippen molar-refractivity contribution in [1.29, 1.82) is 0 Å². The number of ether oxygens (including phenoxy) is 4. The van der Waals surface area contributed by atoms with Crippen molar-refractivity contribution in [1.82, 2.24) is 0 Å². The number of hydrogen-bond donors (Lipinski definition) is 1. The van der Waals surface area contributed by atoms with Crippen molar-refractivity contribution >= 4 is 27.5 Å².